The van der Waals surface area contributed by atoms with E-state index in [1.165, 1.54) is 0 Å². The first-order valence-corrected chi connectivity index (χ1v) is 3.32. The third kappa shape index (κ3) is 2.67. The summed E-state index contributed by atoms with van der Waals surface area (Å²) in [4.78, 5) is 10.7. The van der Waals surface area contributed by atoms with Gasteiger partial charge in [0.1, 0.15) is 0 Å². The number of hydrogen-bond acceptors (Lipinski definition) is 1. The van der Waals surface area contributed by atoms with Crippen LogP contribution in [0.15, 0.2) is 11.6 Å². The van der Waals surface area contributed by atoms with Crippen molar-refractivity contribution in [3.05, 3.63) is 11.6 Å². The summed E-state index contributed by atoms with van der Waals surface area (Å²) in [5.41, 5.74) is 5.75. The molecule has 58 valence electrons. The van der Waals surface area contributed by atoms with Gasteiger partial charge in [-0.05, 0) is 27.7 Å². The van der Waals surface area contributed by atoms with Crippen molar-refractivity contribution in [2.45, 2.75) is 27.7 Å². The van der Waals surface area contributed by atoms with E-state index in [0.717, 1.165) is 5.57 Å². The molecular weight excluding hydrogens is 126 g/mol. The van der Waals surface area contributed by atoms with Crippen LogP contribution < -0.4 is 5.73 Å². The van der Waals surface area contributed by atoms with Crippen LogP contribution in [0.5, 0.6) is 0 Å². The maximum atomic E-state index is 10.7. The number of carbonyl (C=O) groups is 1. The quantitative estimate of drug-likeness (QED) is 0.581. The predicted molar refractivity (Wildman–Crippen MR) is 42.4 cm³/mol. The van der Waals surface area contributed by atoms with Crippen LogP contribution in [0.3, 0.4) is 0 Å². The molecule has 0 unspecified atom stereocenters. The second-order valence-corrected chi connectivity index (χ2v) is 3.31. The number of amides is 1. The summed E-state index contributed by atoms with van der Waals surface area (Å²) in [5, 5.41) is 0. The monoisotopic (exact) mass is 141 g/mol. The van der Waals surface area contributed by atoms with E-state index in [1.54, 1.807) is 0 Å². The Morgan fingerprint density at radius 2 is 1.80 bits per heavy atom. The number of hydrogen-bond donors (Lipinski definition) is 1. The van der Waals surface area contributed by atoms with Crippen molar-refractivity contribution in [3.8, 4) is 0 Å². The van der Waals surface area contributed by atoms with Crippen molar-refractivity contribution in [1.82, 2.24) is 0 Å². The van der Waals surface area contributed by atoms with Gasteiger partial charge in [-0.1, -0.05) is 11.6 Å². The van der Waals surface area contributed by atoms with E-state index in [1.807, 2.05) is 33.8 Å². The SMILES string of the molecule is CC(C)=CC(C)(C)C(N)=O. The zero-order valence-corrected chi connectivity index (χ0v) is 7.06. The Hall–Kier alpha value is -0.790. The smallest absolute Gasteiger partial charge is 0.226 e. The van der Waals surface area contributed by atoms with Crippen LogP contribution >= 0.6 is 0 Å². The topological polar surface area (TPSA) is 43.1 Å². The molecule has 0 bridgehead atoms. The molecule has 1 amide bonds. The summed E-state index contributed by atoms with van der Waals surface area (Å²) in [6.07, 6.45) is 1.87. The predicted octanol–water partition coefficient (Wildman–Crippen LogP) is 1.46. The minimum Gasteiger partial charge on any atom is -0.369 e. The molecule has 0 aromatic carbocycles. The van der Waals surface area contributed by atoms with Crippen LogP contribution in [0.2, 0.25) is 0 Å². The van der Waals surface area contributed by atoms with Crippen molar-refractivity contribution >= 4 is 5.91 Å². The molecule has 0 aliphatic rings. The highest BCUT2D eigenvalue weighted by Gasteiger charge is 2.20. The molecule has 2 nitrogen and oxygen atoms in total. The summed E-state index contributed by atoms with van der Waals surface area (Å²) < 4.78 is 0. The van der Waals surface area contributed by atoms with Gasteiger partial charge in [0.15, 0.2) is 0 Å². The number of primary amides is 1. The van der Waals surface area contributed by atoms with Gasteiger partial charge in [0.25, 0.3) is 0 Å². The van der Waals surface area contributed by atoms with E-state index in [9.17, 15) is 4.79 Å². The van der Waals surface area contributed by atoms with Crippen molar-refractivity contribution in [3.63, 3.8) is 0 Å². The Balaban J connectivity index is 4.42. The summed E-state index contributed by atoms with van der Waals surface area (Å²) in [5.74, 6) is -0.284. The molecule has 0 atom stereocenters. The summed E-state index contributed by atoms with van der Waals surface area (Å²) >= 11 is 0. The average Bonchev–Trinajstić information content (AvgIpc) is 1.60. The van der Waals surface area contributed by atoms with E-state index in [2.05, 4.69) is 0 Å². The molecule has 0 rings (SSSR count). The molecule has 0 aromatic rings. The third-order valence-corrected chi connectivity index (χ3v) is 1.28. The molecular formula is C8H15NO. The van der Waals surface area contributed by atoms with E-state index < -0.39 is 5.41 Å². The minimum absolute atomic E-state index is 0.284. The molecule has 0 saturated heterocycles. The van der Waals surface area contributed by atoms with Gasteiger partial charge in [-0.15, -0.1) is 0 Å². The summed E-state index contributed by atoms with van der Waals surface area (Å²) in [6, 6.07) is 0. The lowest BCUT2D eigenvalue weighted by Crippen LogP contribution is -2.29. The molecule has 0 heterocycles. The first-order chi connectivity index (χ1) is 4.36. The van der Waals surface area contributed by atoms with Gasteiger partial charge in [0.2, 0.25) is 5.91 Å². The van der Waals surface area contributed by atoms with Crippen LogP contribution in [0.4, 0.5) is 0 Å². The number of rotatable bonds is 2. The number of nitrogens with two attached hydrogens (primary N) is 1. The van der Waals surface area contributed by atoms with E-state index >= 15 is 0 Å². The average molecular weight is 141 g/mol. The van der Waals surface area contributed by atoms with Gasteiger partial charge >= 0.3 is 0 Å². The molecule has 0 aliphatic carbocycles. The highest BCUT2D eigenvalue weighted by Crippen LogP contribution is 2.17. The molecule has 0 saturated carbocycles. The van der Waals surface area contributed by atoms with Crippen molar-refractivity contribution < 1.29 is 4.79 Å². The van der Waals surface area contributed by atoms with Crippen LogP contribution in [0, 0.1) is 5.41 Å². The standard InChI is InChI=1S/C8H15NO/c1-6(2)5-8(3,4)7(9)10/h5H,1-4H3,(H2,9,10). The van der Waals surface area contributed by atoms with Crippen molar-refractivity contribution in [2.75, 3.05) is 0 Å². The molecule has 2 heteroatoms. The molecule has 0 spiro atoms. The lowest BCUT2D eigenvalue weighted by atomic mass is 9.91. The fourth-order valence-electron chi connectivity index (χ4n) is 0.793. The maximum Gasteiger partial charge on any atom is 0.226 e. The van der Waals surface area contributed by atoms with Crippen LogP contribution in [-0.4, -0.2) is 5.91 Å². The van der Waals surface area contributed by atoms with Gasteiger partial charge in [0.05, 0.1) is 5.41 Å². The molecule has 10 heavy (non-hydrogen) atoms. The zero-order valence-electron chi connectivity index (χ0n) is 7.06. The van der Waals surface area contributed by atoms with Gasteiger partial charge in [-0.2, -0.15) is 0 Å². The van der Waals surface area contributed by atoms with Crippen LogP contribution in [0.25, 0.3) is 0 Å². The summed E-state index contributed by atoms with van der Waals surface area (Å²) in [7, 11) is 0. The third-order valence-electron chi connectivity index (χ3n) is 1.28. The lowest BCUT2D eigenvalue weighted by Gasteiger charge is -2.15. The Labute approximate surface area is 62.1 Å². The second-order valence-electron chi connectivity index (χ2n) is 3.31. The highest BCUT2D eigenvalue weighted by molar-refractivity contribution is 5.82. The van der Waals surface area contributed by atoms with E-state index in [-0.39, 0.29) is 5.91 Å². The first kappa shape index (κ1) is 9.21. The Bertz CT molecular complexity index is 164. The lowest BCUT2D eigenvalue weighted by molar-refractivity contribution is -0.123. The van der Waals surface area contributed by atoms with Crippen molar-refractivity contribution in [2.24, 2.45) is 11.1 Å². The van der Waals surface area contributed by atoms with Crippen LogP contribution in [0.1, 0.15) is 27.7 Å². The fraction of sp³-hybridized carbons (Fsp3) is 0.625. The van der Waals surface area contributed by atoms with Gasteiger partial charge in [-0.3, -0.25) is 4.79 Å². The molecule has 0 aliphatic heterocycles. The number of allylic oxidation sites excluding steroid dienone is 1. The van der Waals surface area contributed by atoms with E-state index in [0.29, 0.717) is 0 Å². The summed E-state index contributed by atoms with van der Waals surface area (Å²) in [6.45, 7) is 7.51. The maximum absolute atomic E-state index is 10.7. The first-order valence-electron chi connectivity index (χ1n) is 3.32. The highest BCUT2D eigenvalue weighted by atomic mass is 16.1. The van der Waals surface area contributed by atoms with Gasteiger partial charge < -0.3 is 5.73 Å². The Morgan fingerprint density at radius 3 is 1.90 bits per heavy atom. The largest absolute Gasteiger partial charge is 0.369 e. The van der Waals surface area contributed by atoms with E-state index in [4.69, 9.17) is 5.73 Å². The Morgan fingerprint density at radius 1 is 1.40 bits per heavy atom. The molecule has 0 aromatic heterocycles. The minimum atomic E-state index is -0.501. The Kier molecular flexibility index (Phi) is 2.64. The zero-order chi connectivity index (χ0) is 8.36. The molecule has 2 N–H and O–H groups in total. The second kappa shape index (κ2) is 2.86. The molecule has 0 radical (unpaired) electrons. The van der Waals surface area contributed by atoms with Gasteiger partial charge in [-0.25, -0.2) is 0 Å². The number of carbonyl (C=O) groups excluding carboxylic acids is 1. The molecule has 0 fully saturated rings. The normalized spacial score (nSPS) is 10.8. The van der Waals surface area contributed by atoms with Gasteiger partial charge in [0, 0.05) is 0 Å². The van der Waals surface area contributed by atoms with Crippen molar-refractivity contribution in [1.29, 1.82) is 0 Å². The van der Waals surface area contributed by atoms with Crippen LogP contribution in [-0.2, 0) is 4.79 Å². The fourth-order valence-corrected chi connectivity index (χ4v) is 0.793.